The number of hydrogen-bond donors (Lipinski definition) is 1. The van der Waals surface area contributed by atoms with E-state index in [2.05, 4.69) is 49.3 Å². The van der Waals surface area contributed by atoms with Gasteiger partial charge in [-0.05, 0) is 32.0 Å². The summed E-state index contributed by atoms with van der Waals surface area (Å²) in [6.45, 7) is 6.16. The lowest BCUT2D eigenvalue weighted by Crippen LogP contribution is -2.29. The van der Waals surface area contributed by atoms with Gasteiger partial charge in [-0.2, -0.15) is 0 Å². The topological polar surface area (TPSA) is 28.2 Å². The molecule has 0 spiro atoms. The van der Waals surface area contributed by atoms with E-state index in [0.29, 0.717) is 6.04 Å². The van der Waals surface area contributed by atoms with Crippen molar-refractivity contribution in [3.8, 4) is 0 Å². The normalized spacial score (nSPS) is 16.7. The summed E-state index contributed by atoms with van der Waals surface area (Å²) in [5.41, 5.74) is 2.34. The first-order valence-electron chi connectivity index (χ1n) is 7.53. The van der Waals surface area contributed by atoms with Gasteiger partial charge in [0, 0.05) is 25.2 Å². The highest BCUT2D eigenvalue weighted by Gasteiger charge is 2.19. The van der Waals surface area contributed by atoms with Gasteiger partial charge in [0.1, 0.15) is 0 Å². The number of pyridine rings is 1. The number of hydrogen-bond acceptors (Lipinski definition) is 3. The van der Waals surface area contributed by atoms with Crippen LogP contribution in [0.3, 0.4) is 0 Å². The number of nitrogens with zero attached hydrogens (tertiary/aromatic N) is 2. The van der Waals surface area contributed by atoms with Gasteiger partial charge in [-0.25, -0.2) is 0 Å². The van der Waals surface area contributed by atoms with Crippen molar-refractivity contribution in [3.63, 3.8) is 0 Å². The standard InChI is InChI=1S/C16H27N3/c1-13(2)17-11-14-7-6-8-15(18-14)12-19(3)16-9-4-5-10-16/h6-8,13,16-17H,4-5,9-12H2,1-3H3. The molecular formula is C16H27N3. The molecule has 0 aliphatic heterocycles. The number of rotatable bonds is 6. The minimum absolute atomic E-state index is 0.506. The van der Waals surface area contributed by atoms with Crippen LogP contribution in [0.15, 0.2) is 18.2 Å². The first-order chi connectivity index (χ1) is 9.15. The van der Waals surface area contributed by atoms with Crippen molar-refractivity contribution < 1.29 is 0 Å². The van der Waals surface area contributed by atoms with Gasteiger partial charge in [-0.3, -0.25) is 9.88 Å². The SMILES string of the molecule is CC(C)NCc1cccc(CN(C)C2CCCC2)n1. The second-order valence-corrected chi connectivity index (χ2v) is 6.01. The molecule has 0 saturated heterocycles. The molecule has 106 valence electrons. The highest BCUT2D eigenvalue weighted by Crippen LogP contribution is 2.23. The maximum Gasteiger partial charge on any atom is 0.0547 e. The van der Waals surface area contributed by atoms with Gasteiger partial charge < -0.3 is 5.32 Å². The van der Waals surface area contributed by atoms with Crippen LogP contribution in [-0.2, 0) is 13.1 Å². The Hall–Kier alpha value is -0.930. The van der Waals surface area contributed by atoms with Crippen molar-refractivity contribution in [1.82, 2.24) is 15.2 Å². The Kier molecular flexibility index (Phi) is 5.34. The van der Waals surface area contributed by atoms with Crippen LogP contribution in [0.2, 0.25) is 0 Å². The lowest BCUT2D eigenvalue weighted by molar-refractivity contribution is 0.234. The summed E-state index contributed by atoms with van der Waals surface area (Å²) < 4.78 is 0. The summed E-state index contributed by atoms with van der Waals surface area (Å²) in [7, 11) is 2.23. The Balaban J connectivity index is 1.90. The molecule has 0 atom stereocenters. The third-order valence-electron chi connectivity index (χ3n) is 3.92. The van der Waals surface area contributed by atoms with Gasteiger partial charge in [-0.1, -0.05) is 32.8 Å². The summed E-state index contributed by atoms with van der Waals surface area (Å²) in [4.78, 5) is 7.22. The fourth-order valence-corrected chi connectivity index (χ4v) is 2.75. The average molecular weight is 261 g/mol. The van der Waals surface area contributed by atoms with Crippen LogP contribution in [0.5, 0.6) is 0 Å². The minimum Gasteiger partial charge on any atom is -0.309 e. The summed E-state index contributed by atoms with van der Waals surface area (Å²) in [5.74, 6) is 0. The Labute approximate surface area is 117 Å². The molecule has 1 heterocycles. The van der Waals surface area contributed by atoms with Crippen molar-refractivity contribution in [2.24, 2.45) is 0 Å². The van der Waals surface area contributed by atoms with E-state index in [9.17, 15) is 0 Å². The zero-order chi connectivity index (χ0) is 13.7. The molecule has 3 heteroatoms. The van der Waals surface area contributed by atoms with Gasteiger partial charge in [0.15, 0.2) is 0 Å². The lowest BCUT2D eigenvalue weighted by atomic mass is 10.2. The molecule has 0 radical (unpaired) electrons. The maximum atomic E-state index is 4.75. The van der Waals surface area contributed by atoms with Crippen molar-refractivity contribution in [3.05, 3.63) is 29.6 Å². The van der Waals surface area contributed by atoms with Crippen molar-refractivity contribution in [1.29, 1.82) is 0 Å². The fourth-order valence-electron chi connectivity index (χ4n) is 2.75. The molecule has 1 aliphatic rings. The van der Waals surface area contributed by atoms with Crippen LogP contribution < -0.4 is 5.32 Å². The van der Waals surface area contributed by atoms with E-state index in [1.807, 2.05) is 0 Å². The van der Waals surface area contributed by atoms with Crippen molar-refractivity contribution in [2.75, 3.05) is 7.05 Å². The maximum absolute atomic E-state index is 4.75. The van der Waals surface area contributed by atoms with Crippen LogP contribution >= 0.6 is 0 Å². The Bertz CT molecular complexity index is 383. The van der Waals surface area contributed by atoms with Gasteiger partial charge in [-0.15, -0.1) is 0 Å². The quantitative estimate of drug-likeness (QED) is 0.853. The molecule has 0 aromatic carbocycles. The molecule has 2 rings (SSSR count). The first kappa shape index (κ1) is 14.5. The van der Waals surface area contributed by atoms with E-state index < -0.39 is 0 Å². The average Bonchev–Trinajstić information content (AvgIpc) is 2.91. The van der Waals surface area contributed by atoms with E-state index in [1.165, 1.54) is 31.4 Å². The second-order valence-electron chi connectivity index (χ2n) is 6.01. The van der Waals surface area contributed by atoms with E-state index in [0.717, 1.165) is 24.8 Å². The van der Waals surface area contributed by atoms with Crippen molar-refractivity contribution in [2.45, 2.75) is 64.7 Å². The Morgan fingerprint density at radius 3 is 2.63 bits per heavy atom. The number of aromatic nitrogens is 1. The van der Waals surface area contributed by atoms with E-state index in [1.54, 1.807) is 0 Å². The van der Waals surface area contributed by atoms with Crippen LogP contribution in [0.4, 0.5) is 0 Å². The molecule has 1 fully saturated rings. The zero-order valence-corrected chi connectivity index (χ0v) is 12.5. The third kappa shape index (κ3) is 4.59. The van der Waals surface area contributed by atoms with Gasteiger partial charge in [0.25, 0.3) is 0 Å². The lowest BCUT2D eigenvalue weighted by Gasteiger charge is -2.23. The van der Waals surface area contributed by atoms with E-state index in [-0.39, 0.29) is 0 Å². The monoisotopic (exact) mass is 261 g/mol. The molecule has 3 nitrogen and oxygen atoms in total. The molecule has 1 aromatic rings. The smallest absolute Gasteiger partial charge is 0.0547 e. The van der Waals surface area contributed by atoms with Crippen LogP contribution in [0.25, 0.3) is 0 Å². The molecular weight excluding hydrogens is 234 g/mol. The Morgan fingerprint density at radius 2 is 1.95 bits per heavy atom. The largest absolute Gasteiger partial charge is 0.309 e. The van der Waals surface area contributed by atoms with Crippen LogP contribution in [-0.4, -0.2) is 29.0 Å². The molecule has 0 amide bonds. The summed E-state index contributed by atoms with van der Waals surface area (Å²) in [6.07, 6.45) is 5.48. The predicted molar refractivity (Wildman–Crippen MR) is 79.9 cm³/mol. The van der Waals surface area contributed by atoms with E-state index >= 15 is 0 Å². The molecule has 1 N–H and O–H groups in total. The van der Waals surface area contributed by atoms with Crippen LogP contribution in [0, 0.1) is 0 Å². The van der Waals surface area contributed by atoms with Gasteiger partial charge in [0.05, 0.1) is 11.4 Å². The van der Waals surface area contributed by atoms with Crippen molar-refractivity contribution >= 4 is 0 Å². The third-order valence-corrected chi connectivity index (χ3v) is 3.92. The number of nitrogens with one attached hydrogen (secondary N) is 1. The fraction of sp³-hybridized carbons (Fsp3) is 0.688. The minimum atomic E-state index is 0.506. The second kappa shape index (κ2) is 7.01. The molecule has 1 aromatic heterocycles. The Morgan fingerprint density at radius 1 is 1.26 bits per heavy atom. The first-order valence-corrected chi connectivity index (χ1v) is 7.53. The van der Waals surface area contributed by atoms with Crippen LogP contribution in [0.1, 0.15) is 50.9 Å². The highest BCUT2D eigenvalue weighted by atomic mass is 15.1. The summed E-state index contributed by atoms with van der Waals surface area (Å²) in [5, 5.41) is 3.42. The highest BCUT2D eigenvalue weighted by molar-refractivity contribution is 5.11. The molecule has 1 saturated carbocycles. The summed E-state index contributed by atoms with van der Waals surface area (Å²) >= 11 is 0. The molecule has 0 unspecified atom stereocenters. The summed E-state index contributed by atoms with van der Waals surface area (Å²) in [6, 6.07) is 7.65. The van der Waals surface area contributed by atoms with E-state index in [4.69, 9.17) is 4.98 Å². The molecule has 0 bridgehead atoms. The molecule has 19 heavy (non-hydrogen) atoms. The molecule has 1 aliphatic carbocycles. The van der Waals surface area contributed by atoms with Gasteiger partial charge in [0.2, 0.25) is 0 Å². The van der Waals surface area contributed by atoms with Gasteiger partial charge >= 0.3 is 0 Å². The zero-order valence-electron chi connectivity index (χ0n) is 12.5. The predicted octanol–water partition coefficient (Wildman–Crippen LogP) is 2.95.